The number of nitrogens with zero attached hydrogens (tertiary/aromatic N) is 4. The first-order valence-electron chi connectivity index (χ1n) is 8.51. The first-order chi connectivity index (χ1) is 13.2. The van der Waals surface area contributed by atoms with Crippen LogP contribution in [-0.4, -0.2) is 50.4 Å². The summed E-state index contributed by atoms with van der Waals surface area (Å²) in [5.74, 6) is 1.09. The maximum Gasteiger partial charge on any atom is 0.324 e. The van der Waals surface area contributed by atoms with Crippen molar-refractivity contribution >= 4 is 23.7 Å². The molecule has 1 saturated heterocycles. The lowest BCUT2D eigenvalue weighted by atomic mass is 10.2. The number of benzene rings is 2. The molecule has 0 radical (unpaired) electrons. The predicted octanol–water partition coefficient (Wildman–Crippen LogP) is 2.58. The number of urea groups is 1. The molecule has 1 aromatic heterocycles. The van der Waals surface area contributed by atoms with Crippen molar-refractivity contribution in [3.05, 3.63) is 60.7 Å². The summed E-state index contributed by atoms with van der Waals surface area (Å²) in [5, 5.41) is 12.0. The normalized spacial score (nSPS) is 13.9. The molecule has 2 heterocycles. The lowest BCUT2D eigenvalue weighted by Crippen LogP contribution is -2.32. The molecule has 0 bridgehead atoms. The Morgan fingerprint density at radius 1 is 0.963 bits per heavy atom. The summed E-state index contributed by atoms with van der Waals surface area (Å²) >= 11 is 1.46. The summed E-state index contributed by atoms with van der Waals surface area (Å²) in [5.41, 5.74) is 1.92. The highest BCUT2D eigenvalue weighted by atomic mass is 32.2. The van der Waals surface area contributed by atoms with Gasteiger partial charge in [-0.2, -0.15) is 0 Å². The molecule has 1 aliphatic rings. The van der Waals surface area contributed by atoms with Crippen LogP contribution in [0.25, 0.3) is 17.1 Å². The third-order valence-electron chi connectivity index (χ3n) is 4.16. The van der Waals surface area contributed by atoms with Crippen LogP contribution in [0.15, 0.2) is 65.8 Å². The molecule has 0 unspecified atom stereocenters. The van der Waals surface area contributed by atoms with Crippen LogP contribution in [0.5, 0.6) is 0 Å². The zero-order valence-corrected chi connectivity index (χ0v) is 15.2. The number of para-hydroxylation sites is 1. The molecule has 0 saturated carbocycles. The Labute approximate surface area is 160 Å². The van der Waals surface area contributed by atoms with E-state index >= 15 is 0 Å². The van der Waals surface area contributed by atoms with Crippen LogP contribution in [0, 0.1) is 0 Å². The predicted molar refractivity (Wildman–Crippen MR) is 103 cm³/mol. The number of imide groups is 1. The van der Waals surface area contributed by atoms with Gasteiger partial charge in [0.25, 0.3) is 0 Å². The van der Waals surface area contributed by atoms with Crippen molar-refractivity contribution in [3.8, 4) is 17.1 Å². The van der Waals surface area contributed by atoms with E-state index in [1.165, 1.54) is 16.7 Å². The average molecular weight is 379 g/mol. The molecule has 0 spiro atoms. The molecule has 0 aliphatic carbocycles. The second kappa shape index (κ2) is 7.63. The van der Waals surface area contributed by atoms with Crippen LogP contribution in [0.3, 0.4) is 0 Å². The van der Waals surface area contributed by atoms with Gasteiger partial charge in [0.2, 0.25) is 5.91 Å². The number of carbonyl (C=O) groups is 2. The highest BCUT2D eigenvalue weighted by Crippen LogP contribution is 2.27. The minimum atomic E-state index is -0.338. The molecule has 3 aromatic rings. The summed E-state index contributed by atoms with van der Waals surface area (Å²) in [7, 11) is 0. The van der Waals surface area contributed by atoms with Gasteiger partial charge in [0.05, 0.1) is 6.54 Å². The SMILES string of the molecule is O=C1CNC(=O)N1CCSc1nnc(-c2ccccc2)n1-c1ccccc1. The van der Waals surface area contributed by atoms with E-state index in [9.17, 15) is 9.59 Å². The minimum absolute atomic E-state index is 0.0713. The number of aromatic nitrogens is 3. The number of rotatable bonds is 6. The Kier molecular flexibility index (Phi) is 4.88. The van der Waals surface area contributed by atoms with Crippen LogP contribution >= 0.6 is 11.8 Å². The fourth-order valence-corrected chi connectivity index (χ4v) is 3.73. The number of thioether (sulfide) groups is 1. The molecular weight excluding hydrogens is 362 g/mol. The van der Waals surface area contributed by atoms with Gasteiger partial charge in [-0.05, 0) is 12.1 Å². The molecule has 4 rings (SSSR count). The summed E-state index contributed by atoms with van der Waals surface area (Å²) in [6.07, 6.45) is 0. The van der Waals surface area contributed by atoms with Gasteiger partial charge in [-0.25, -0.2) is 4.79 Å². The summed E-state index contributed by atoms with van der Waals surface area (Å²) in [4.78, 5) is 24.6. The van der Waals surface area contributed by atoms with E-state index in [0.717, 1.165) is 17.1 Å². The Hall–Kier alpha value is -3.13. The molecule has 8 heteroatoms. The van der Waals surface area contributed by atoms with Crippen molar-refractivity contribution in [2.45, 2.75) is 5.16 Å². The maximum absolute atomic E-state index is 11.7. The van der Waals surface area contributed by atoms with Crippen molar-refractivity contribution in [2.24, 2.45) is 0 Å². The molecule has 136 valence electrons. The van der Waals surface area contributed by atoms with E-state index in [4.69, 9.17) is 0 Å². The third kappa shape index (κ3) is 3.56. The van der Waals surface area contributed by atoms with E-state index in [1.807, 2.05) is 65.2 Å². The Balaban J connectivity index is 1.60. The summed E-state index contributed by atoms with van der Waals surface area (Å²) < 4.78 is 1.99. The highest BCUT2D eigenvalue weighted by Gasteiger charge is 2.28. The fraction of sp³-hybridized carbons (Fsp3) is 0.158. The van der Waals surface area contributed by atoms with E-state index in [0.29, 0.717) is 17.5 Å². The van der Waals surface area contributed by atoms with Gasteiger partial charge in [0, 0.05) is 23.5 Å². The van der Waals surface area contributed by atoms with Crippen LogP contribution in [0.4, 0.5) is 4.79 Å². The van der Waals surface area contributed by atoms with Gasteiger partial charge in [-0.3, -0.25) is 14.3 Å². The van der Waals surface area contributed by atoms with Crippen LogP contribution in [-0.2, 0) is 4.79 Å². The Morgan fingerprint density at radius 3 is 2.33 bits per heavy atom. The molecule has 1 fully saturated rings. The number of carbonyl (C=O) groups excluding carboxylic acids is 2. The lowest BCUT2D eigenvalue weighted by Gasteiger charge is -2.13. The lowest BCUT2D eigenvalue weighted by molar-refractivity contribution is -0.124. The molecule has 2 aromatic carbocycles. The zero-order chi connectivity index (χ0) is 18.6. The van der Waals surface area contributed by atoms with E-state index in [1.54, 1.807) is 0 Å². The van der Waals surface area contributed by atoms with E-state index in [-0.39, 0.29) is 18.5 Å². The topological polar surface area (TPSA) is 80.1 Å². The smallest absolute Gasteiger partial charge is 0.324 e. The molecule has 1 aliphatic heterocycles. The largest absolute Gasteiger partial charge is 0.329 e. The standard InChI is InChI=1S/C19H17N5O2S/c25-16-13-20-18(26)23(16)11-12-27-19-22-21-17(14-7-3-1-4-8-14)24(19)15-9-5-2-6-10-15/h1-10H,11-13H2,(H,20,26). The summed E-state index contributed by atoms with van der Waals surface area (Å²) in [6.45, 7) is 0.402. The Morgan fingerprint density at radius 2 is 1.67 bits per heavy atom. The molecule has 0 atom stereocenters. The molecular formula is C19H17N5O2S. The van der Waals surface area contributed by atoms with Gasteiger partial charge in [-0.15, -0.1) is 10.2 Å². The third-order valence-corrected chi connectivity index (χ3v) is 5.07. The van der Waals surface area contributed by atoms with Crippen molar-refractivity contribution in [1.29, 1.82) is 0 Å². The van der Waals surface area contributed by atoms with Gasteiger partial charge < -0.3 is 5.32 Å². The molecule has 27 heavy (non-hydrogen) atoms. The number of hydrogen-bond acceptors (Lipinski definition) is 5. The Bertz CT molecular complexity index is 943. The minimum Gasteiger partial charge on any atom is -0.329 e. The van der Waals surface area contributed by atoms with Gasteiger partial charge >= 0.3 is 6.03 Å². The van der Waals surface area contributed by atoms with Crippen molar-refractivity contribution in [1.82, 2.24) is 25.0 Å². The number of nitrogens with one attached hydrogen (secondary N) is 1. The second-order valence-electron chi connectivity index (χ2n) is 5.90. The van der Waals surface area contributed by atoms with Crippen molar-refractivity contribution in [2.75, 3.05) is 18.8 Å². The molecule has 3 amide bonds. The average Bonchev–Trinajstić information content (AvgIpc) is 3.27. The van der Waals surface area contributed by atoms with Crippen LogP contribution in [0.1, 0.15) is 0 Å². The highest BCUT2D eigenvalue weighted by molar-refractivity contribution is 7.99. The number of hydrogen-bond donors (Lipinski definition) is 1. The molecule has 1 N–H and O–H groups in total. The van der Waals surface area contributed by atoms with E-state index < -0.39 is 0 Å². The zero-order valence-electron chi connectivity index (χ0n) is 14.4. The van der Waals surface area contributed by atoms with Gasteiger partial charge in [0.15, 0.2) is 11.0 Å². The first kappa shape index (κ1) is 17.3. The summed E-state index contributed by atoms with van der Waals surface area (Å²) in [6, 6.07) is 19.4. The van der Waals surface area contributed by atoms with Crippen LogP contribution < -0.4 is 5.32 Å². The van der Waals surface area contributed by atoms with Gasteiger partial charge in [-0.1, -0.05) is 60.3 Å². The number of amides is 3. The molecule has 7 nitrogen and oxygen atoms in total. The van der Waals surface area contributed by atoms with Crippen molar-refractivity contribution < 1.29 is 9.59 Å². The first-order valence-corrected chi connectivity index (χ1v) is 9.50. The van der Waals surface area contributed by atoms with Gasteiger partial charge in [0.1, 0.15) is 0 Å². The van der Waals surface area contributed by atoms with Crippen molar-refractivity contribution in [3.63, 3.8) is 0 Å². The quantitative estimate of drug-likeness (QED) is 0.526. The second-order valence-corrected chi connectivity index (χ2v) is 6.96. The van der Waals surface area contributed by atoms with Crippen LogP contribution in [0.2, 0.25) is 0 Å². The maximum atomic E-state index is 11.7. The van der Waals surface area contributed by atoms with E-state index in [2.05, 4.69) is 15.5 Å². The monoisotopic (exact) mass is 379 g/mol. The fourth-order valence-electron chi connectivity index (χ4n) is 2.86.